The molecule has 6 heteroatoms. The number of carbonyl (C=O) groups is 1. The molecular weight excluding hydrogens is 304 g/mol. The van der Waals surface area contributed by atoms with Crippen molar-refractivity contribution in [1.29, 1.82) is 0 Å². The molecule has 2 aromatic rings. The number of hydrogen-bond acceptors (Lipinski definition) is 4. The predicted molar refractivity (Wildman–Crippen MR) is 93.8 cm³/mol. The second kappa shape index (κ2) is 8.49. The average Bonchev–Trinajstić information content (AvgIpc) is 2.96. The minimum Gasteiger partial charge on any atom is -0.481 e. The molecule has 1 atom stereocenters. The zero-order chi connectivity index (χ0) is 17.5. The Morgan fingerprint density at radius 3 is 2.54 bits per heavy atom. The van der Waals surface area contributed by atoms with Crippen LogP contribution in [0.4, 0.5) is 0 Å². The fraction of sp³-hybridized carbons (Fsp3) is 0.444. The van der Waals surface area contributed by atoms with Crippen LogP contribution in [0.1, 0.15) is 18.3 Å². The molecule has 0 aliphatic rings. The molecule has 0 saturated carbocycles. The van der Waals surface area contributed by atoms with E-state index >= 15 is 0 Å². The summed E-state index contributed by atoms with van der Waals surface area (Å²) < 4.78 is 5.78. The fourth-order valence-electron chi connectivity index (χ4n) is 2.33. The lowest BCUT2D eigenvalue weighted by Crippen LogP contribution is -2.43. The lowest BCUT2D eigenvalue weighted by molar-refractivity contribution is -0.138. The number of aromatic amines is 1. The van der Waals surface area contributed by atoms with Crippen molar-refractivity contribution < 1.29 is 9.53 Å². The molecule has 1 heterocycles. The molecule has 1 amide bonds. The van der Waals surface area contributed by atoms with Gasteiger partial charge >= 0.3 is 0 Å². The molecule has 0 aliphatic carbocycles. The van der Waals surface area contributed by atoms with Crippen LogP contribution in [-0.2, 0) is 11.3 Å². The van der Waals surface area contributed by atoms with E-state index in [1.165, 1.54) is 0 Å². The van der Waals surface area contributed by atoms with E-state index in [0.29, 0.717) is 18.8 Å². The van der Waals surface area contributed by atoms with Gasteiger partial charge in [0.15, 0.2) is 6.10 Å². The van der Waals surface area contributed by atoms with Crippen LogP contribution in [0.2, 0.25) is 0 Å². The van der Waals surface area contributed by atoms with Crippen molar-refractivity contribution >= 4 is 5.91 Å². The van der Waals surface area contributed by atoms with E-state index < -0.39 is 6.10 Å². The van der Waals surface area contributed by atoms with Crippen LogP contribution in [0.15, 0.2) is 36.7 Å². The topological polar surface area (TPSA) is 61.5 Å². The smallest absolute Gasteiger partial charge is 0.263 e. The summed E-state index contributed by atoms with van der Waals surface area (Å²) in [6.07, 6.45) is 1.11. The number of carbonyl (C=O) groups excluding carboxylic acids is 1. The Hall–Kier alpha value is -2.34. The van der Waals surface area contributed by atoms with Crippen molar-refractivity contribution in [3.8, 4) is 5.75 Å². The Labute approximate surface area is 143 Å². The third-order valence-corrected chi connectivity index (χ3v) is 3.81. The summed E-state index contributed by atoms with van der Waals surface area (Å²) in [5, 5.41) is 0. The molecule has 1 N–H and O–H groups in total. The lowest BCUT2D eigenvalue weighted by atomic mass is 10.2. The van der Waals surface area contributed by atoms with E-state index in [1.807, 2.05) is 51.4 Å². The maximum absolute atomic E-state index is 12.8. The van der Waals surface area contributed by atoms with E-state index in [9.17, 15) is 4.79 Å². The summed E-state index contributed by atoms with van der Waals surface area (Å²) >= 11 is 0. The van der Waals surface area contributed by atoms with Crippen LogP contribution in [0.5, 0.6) is 5.75 Å². The SMILES string of the molecule is Cc1[nH]cnc1CN(CCN(C)C)C(=O)C(C)Oc1ccccc1. The van der Waals surface area contributed by atoms with Crippen LogP contribution in [0, 0.1) is 6.92 Å². The first-order chi connectivity index (χ1) is 11.5. The first kappa shape index (κ1) is 18.0. The van der Waals surface area contributed by atoms with Crippen LogP contribution < -0.4 is 4.74 Å². The summed E-state index contributed by atoms with van der Waals surface area (Å²) in [4.78, 5) is 24.1. The average molecular weight is 330 g/mol. The van der Waals surface area contributed by atoms with Gasteiger partial charge in [0.05, 0.1) is 18.6 Å². The molecule has 1 aromatic heterocycles. The normalized spacial score (nSPS) is 12.2. The minimum absolute atomic E-state index is 0.0388. The lowest BCUT2D eigenvalue weighted by Gasteiger charge is -2.27. The van der Waals surface area contributed by atoms with E-state index in [-0.39, 0.29) is 5.91 Å². The zero-order valence-electron chi connectivity index (χ0n) is 14.8. The van der Waals surface area contributed by atoms with Gasteiger partial charge in [-0.15, -0.1) is 0 Å². The summed E-state index contributed by atoms with van der Waals surface area (Å²) in [5.41, 5.74) is 1.86. The number of aryl methyl sites for hydroxylation is 1. The maximum atomic E-state index is 12.8. The Kier molecular flexibility index (Phi) is 6.37. The molecule has 24 heavy (non-hydrogen) atoms. The van der Waals surface area contributed by atoms with Gasteiger partial charge in [-0.3, -0.25) is 4.79 Å². The number of amides is 1. The van der Waals surface area contributed by atoms with Gasteiger partial charge in [0.25, 0.3) is 5.91 Å². The summed E-state index contributed by atoms with van der Waals surface area (Å²) in [6, 6.07) is 9.41. The van der Waals surface area contributed by atoms with Crippen molar-refractivity contribution in [1.82, 2.24) is 19.8 Å². The maximum Gasteiger partial charge on any atom is 0.263 e. The molecule has 0 radical (unpaired) electrons. The van der Waals surface area contributed by atoms with Gasteiger partial charge in [-0.2, -0.15) is 0 Å². The highest BCUT2D eigenvalue weighted by atomic mass is 16.5. The number of imidazole rings is 1. The van der Waals surface area contributed by atoms with Crippen molar-refractivity contribution in [2.45, 2.75) is 26.5 Å². The quantitative estimate of drug-likeness (QED) is 0.805. The molecule has 0 spiro atoms. The van der Waals surface area contributed by atoms with Gasteiger partial charge in [-0.1, -0.05) is 18.2 Å². The van der Waals surface area contributed by atoms with Gasteiger partial charge in [0.2, 0.25) is 0 Å². The van der Waals surface area contributed by atoms with Crippen molar-refractivity contribution in [2.24, 2.45) is 0 Å². The number of nitrogens with zero attached hydrogens (tertiary/aromatic N) is 3. The van der Waals surface area contributed by atoms with Gasteiger partial charge in [0.1, 0.15) is 5.75 Å². The van der Waals surface area contributed by atoms with Crippen LogP contribution in [-0.4, -0.2) is 59.0 Å². The molecule has 2 rings (SSSR count). The number of nitrogens with one attached hydrogen (secondary N) is 1. The van der Waals surface area contributed by atoms with E-state index in [2.05, 4.69) is 14.9 Å². The summed E-state index contributed by atoms with van der Waals surface area (Å²) in [7, 11) is 3.98. The number of hydrogen-bond donors (Lipinski definition) is 1. The highest BCUT2D eigenvalue weighted by molar-refractivity contribution is 5.80. The Bertz CT molecular complexity index is 639. The Balaban J connectivity index is 2.06. The number of aromatic nitrogens is 2. The van der Waals surface area contributed by atoms with Crippen molar-refractivity contribution in [3.63, 3.8) is 0 Å². The summed E-state index contributed by atoms with van der Waals surface area (Å²) in [5.74, 6) is 0.657. The molecular formula is C18H26N4O2. The zero-order valence-corrected chi connectivity index (χ0v) is 14.8. The largest absolute Gasteiger partial charge is 0.481 e. The van der Waals surface area contributed by atoms with Gasteiger partial charge in [-0.05, 0) is 40.1 Å². The Morgan fingerprint density at radius 1 is 1.25 bits per heavy atom. The van der Waals surface area contributed by atoms with E-state index in [1.54, 1.807) is 18.2 Å². The highest BCUT2D eigenvalue weighted by Crippen LogP contribution is 2.14. The van der Waals surface area contributed by atoms with Gasteiger partial charge in [-0.25, -0.2) is 4.98 Å². The van der Waals surface area contributed by atoms with E-state index in [4.69, 9.17) is 4.74 Å². The summed E-state index contributed by atoms with van der Waals surface area (Å²) in [6.45, 7) is 5.63. The van der Waals surface area contributed by atoms with Crippen molar-refractivity contribution in [2.75, 3.05) is 27.2 Å². The van der Waals surface area contributed by atoms with Gasteiger partial charge < -0.3 is 19.5 Å². The number of H-pyrrole nitrogens is 1. The standard InChI is InChI=1S/C18H26N4O2/c1-14-17(20-13-19-14)12-22(11-10-21(3)4)18(23)15(2)24-16-8-6-5-7-9-16/h5-9,13,15H,10-12H2,1-4H3,(H,19,20). The molecule has 6 nitrogen and oxygen atoms in total. The van der Waals surface area contributed by atoms with Crippen LogP contribution in [0.3, 0.4) is 0 Å². The number of benzene rings is 1. The number of likely N-dealkylation sites (N-methyl/N-ethyl adjacent to an activating group) is 1. The van der Waals surface area contributed by atoms with Crippen LogP contribution in [0.25, 0.3) is 0 Å². The Morgan fingerprint density at radius 2 is 1.96 bits per heavy atom. The number of ether oxygens (including phenoxy) is 1. The third-order valence-electron chi connectivity index (χ3n) is 3.81. The van der Waals surface area contributed by atoms with Crippen molar-refractivity contribution in [3.05, 3.63) is 48.0 Å². The minimum atomic E-state index is -0.547. The third kappa shape index (κ3) is 5.09. The monoisotopic (exact) mass is 330 g/mol. The molecule has 0 saturated heterocycles. The molecule has 130 valence electrons. The first-order valence-electron chi connectivity index (χ1n) is 8.11. The first-order valence-corrected chi connectivity index (χ1v) is 8.11. The molecule has 0 aliphatic heterocycles. The van der Waals surface area contributed by atoms with Crippen LogP contribution >= 0.6 is 0 Å². The fourth-order valence-corrected chi connectivity index (χ4v) is 2.33. The molecule has 0 bridgehead atoms. The second-order valence-corrected chi connectivity index (χ2v) is 6.11. The predicted octanol–water partition coefficient (Wildman–Crippen LogP) is 2.08. The number of para-hydroxylation sites is 1. The molecule has 1 aromatic carbocycles. The van der Waals surface area contributed by atoms with E-state index in [0.717, 1.165) is 17.9 Å². The molecule has 1 unspecified atom stereocenters. The van der Waals surface area contributed by atoms with Gasteiger partial charge in [0, 0.05) is 18.8 Å². The highest BCUT2D eigenvalue weighted by Gasteiger charge is 2.23. The molecule has 0 fully saturated rings. The second-order valence-electron chi connectivity index (χ2n) is 6.11. The number of rotatable bonds is 8.